The lowest BCUT2D eigenvalue weighted by molar-refractivity contribution is -0.133. The molecule has 30 heavy (non-hydrogen) atoms. The molecule has 1 amide bonds. The van der Waals surface area contributed by atoms with Gasteiger partial charge in [0.05, 0.1) is 17.2 Å². The van der Waals surface area contributed by atoms with Crippen molar-refractivity contribution in [3.05, 3.63) is 95.3 Å². The largest absolute Gasteiger partial charge is 0.452 e. The molecule has 5 nitrogen and oxygen atoms in total. The number of nitrogens with zero attached hydrogens (tertiary/aromatic N) is 2. The Morgan fingerprint density at radius 2 is 1.60 bits per heavy atom. The molecule has 0 unspecified atom stereocenters. The minimum Gasteiger partial charge on any atom is -0.452 e. The second-order valence-electron chi connectivity index (χ2n) is 6.66. The molecule has 0 atom stereocenters. The molecule has 0 bridgehead atoms. The van der Waals surface area contributed by atoms with Crippen molar-refractivity contribution in [3.63, 3.8) is 0 Å². The van der Waals surface area contributed by atoms with E-state index in [1.807, 2.05) is 0 Å². The van der Waals surface area contributed by atoms with Gasteiger partial charge in [-0.1, -0.05) is 48.5 Å². The van der Waals surface area contributed by atoms with Crippen LogP contribution >= 0.6 is 0 Å². The van der Waals surface area contributed by atoms with Gasteiger partial charge >= 0.3 is 5.97 Å². The van der Waals surface area contributed by atoms with E-state index in [9.17, 15) is 19.2 Å². The summed E-state index contributed by atoms with van der Waals surface area (Å²) >= 11 is 0. The Labute approximate surface area is 173 Å². The van der Waals surface area contributed by atoms with Crippen LogP contribution in [0.5, 0.6) is 0 Å². The first-order chi connectivity index (χ1) is 14.5. The number of benzene rings is 3. The number of carbonyl (C=O) groups is 2. The van der Waals surface area contributed by atoms with Crippen molar-refractivity contribution in [2.24, 2.45) is 0 Å². The van der Waals surface area contributed by atoms with E-state index in [1.54, 1.807) is 67.7 Å². The number of hydrogen-bond donors (Lipinski definition) is 0. The first kappa shape index (κ1) is 20.7. The molecule has 3 aromatic rings. The predicted octanol–water partition coefficient (Wildman–Crippen LogP) is 4.18. The summed E-state index contributed by atoms with van der Waals surface area (Å²) < 4.78 is 18.2. The average molecular weight is 402 g/mol. The monoisotopic (exact) mass is 402 g/mol. The second kappa shape index (κ2) is 9.48. The molecule has 0 aromatic heterocycles. The number of esters is 1. The summed E-state index contributed by atoms with van der Waals surface area (Å²) in [4.78, 5) is 26.4. The number of amides is 1. The van der Waals surface area contributed by atoms with Gasteiger partial charge in [-0.2, -0.15) is 5.26 Å². The van der Waals surface area contributed by atoms with Gasteiger partial charge in [-0.3, -0.25) is 4.79 Å². The number of likely N-dealkylation sites (N-methyl/N-ethyl adjacent to an activating group) is 1. The van der Waals surface area contributed by atoms with Crippen LogP contribution in [0.4, 0.5) is 4.39 Å². The number of halogens is 1. The van der Waals surface area contributed by atoms with E-state index in [0.29, 0.717) is 16.7 Å². The Bertz CT molecular complexity index is 1100. The van der Waals surface area contributed by atoms with Gasteiger partial charge in [-0.25, -0.2) is 9.18 Å². The van der Waals surface area contributed by atoms with Crippen LogP contribution in [0.3, 0.4) is 0 Å². The summed E-state index contributed by atoms with van der Waals surface area (Å²) in [6.45, 7) is -0.159. The van der Waals surface area contributed by atoms with Gasteiger partial charge in [0.25, 0.3) is 5.91 Å². The molecule has 3 rings (SSSR count). The van der Waals surface area contributed by atoms with E-state index >= 15 is 0 Å². The zero-order valence-electron chi connectivity index (χ0n) is 16.3. The molecule has 0 saturated heterocycles. The quantitative estimate of drug-likeness (QED) is 0.580. The Morgan fingerprint density at radius 1 is 0.967 bits per heavy atom. The van der Waals surface area contributed by atoms with Gasteiger partial charge in [-0.15, -0.1) is 0 Å². The topological polar surface area (TPSA) is 70.4 Å². The van der Waals surface area contributed by atoms with Crippen LogP contribution in [0, 0.1) is 17.1 Å². The van der Waals surface area contributed by atoms with Crippen molar-refractivity contribution in [1.82, 2.24) is 4.90 Å². The maximum Gasteiger partial charge on any atom is 0.339 e. The number of nitriles is 1. The fourth-order valence-electron chi connectivity index (χ4n) is 2.98. The zero-order valence-corrected chi connectivity index (χ0v) is 16.3. The third-order valence-corrected chi connectivity index (χ3v) is 4.57. The van der Waals surface area contributed by atoms with Crippen molar-refractivity contribution in [2.75, 3.05) is 13.7 Å². The highest BCUT2D eigenvalue weighted by Gasteiger charge is 2.18. The van der Waals surface area contributed by atoms with Crippen LogP contribution < -0.4 is 0 Å². The lowest BCUT2D eigenvalue weighted by atomic mass is 9.96. The Kier molecular flexibility index (Phi) is 6.56. The molecule has 0 aliphatic heterocycles. The molecule has 0 aliphatic carbocycles. The van der Waals surface area contributed by atoms with Gasteiger partial charge in [0.2, 0.25) is 0 Å². The van der Waals surface area contributed by atoms with Crippen LogP contribution in [0.1, 0.15) is 21.5 Å². The smallest absolute Gasteiger partial charge is 0.339 e. The number of carbonyl (C=O) groups excluding carboxylic acids is 2. The highest BCUT2D eigenvalue weighted by Crippen LogP contribution is 2.27. The Morgan fingerprint density at radius 3 is 2.30 bits per heavy atom. The Balaban J connectivity index is 1.69. The summed E-state index contributed by atoms with van der Waals surface area (Å²) in [6.07, 6.45) is 0. The van der Waals surface area contributed by atoms with Gasteiger partial charge in [-0.05, 0) is 35.4 Å². The lowest BCUT2D eigenvalue weighted by Gasteiger charge is -2.17. The van der Waals surface area contributed by atoms with Crippen LogP contribution in [0.15, 0.2) is 72.8 Å². The third kappa shape index (κ3) is 4.89. The average Bonchev–Trinajstić information content (AvgIpc) is 2.78. The van der Waals surface area contributed by atoms with Crippen molar-refractivity contribution in [1.29, 1.82) is 5.26 Å². The molecule has 0 aliphatic rings. The van der Waals surface area contributed by atoms with Crippen LogP contribution in [-0.2, 0) is 16.1 Å². The fourth-order valence-corrected chi connectivity index (χ4v) is 2.98. The molecule has 0 N–H and O–H groups in total. The van der Waals surface area contributed by atoms with Gasteiger partial charge in [0.1, 0.15) is 5.82 Å². The van der Waals surface area contributed by atoms with Crippen molar-refractivity contribution < 1.29 is 18.7 Å². The first-order valence-electron chi connectivity index (χ1n) is 9.23. The third-order valence-electron chi connectivity index (χ3n) is 4.57. The number of hydrogen-bond acceptors (Lipinski definition) is 4. The van der Waals surface area contributed by atoms with Crippen molar-refractivity contribution in [2.45, 2.75) is 6.54 Å². The van der Waals surface area contributed by atoms with Crippen LogP contribution in [-0.4, -0.2) is 30.4 Å². The van der Waals surface area contributed by atoms with Crippen LogP contribution in [0.2, 0.25) is 0 Å². The summed E-state index contributed by atoms with van der Waals surface area (Å²) in [5.74, 6) is -1.39. The molecule has 3 aromatic carbocycles. The standard InChI is InChI=1S/C24H19FN2O3/c1-27(15-17-10-12-19(25)13-11-17)23(28)16-30-24(29)22-9-5-4-8-21(22)20-7-3-2-6-18(20)14-26/h2-13H,15-16H2,1H3. The van der Waals surface area contributed by atoms with Gasteiger partial charge in [0, 0.05) is 19.2 Å². The summed E-state index contributed by atoms with van der Waals surface area (Å²) in [6, 6.07) is 21.7. The minimum atomic E-state index is -0.651. The summed E-state index contributed by atoms with van der Waals surface area (Å²) in [5, 5.41) is 9.35. The van der Waals surface area contributed by atoms with Gasteiger partial charge < -0.3 is 9.64 Å². The number of ether oxygens (including phenoxy) is 1. The second-order valence-corrected chi connectivity index (χ2v) is 6.66. The van der Waals surface area contributed by atoms with E-state index in [2.05, 4.69) is 6.07 Å². The Hall–Kier alpha value is -3.98. The molecule has 0 heterocycles. The zero-order chi connectivity index (χ0) is 21.5. The van der Waals surface area contributed by atoms with E-state index in [1.165, 1.54) is 17.0 Å². The molecular formula is C24H19FN2O3. The van der Waals surface area contributed by atoms with Crippen LogP contribution in [0.25, 0.3) is 11.1 Å². The van der Waals surface area contributed by atoms with E-state index < -0.39 is 12.6 Å². The molecular weight excluding hydrogens is 383 g/mol. The normalized spacial score (nSPS) is 10.2. The van der Waals surface area contributed by atoms with Crippen molar-refractivity contribution >= 4 is 11.9 Å². The maximum absolute atomic E-state index is 13.0. The highest BCUT2D eigenvalue weighted by molar-refractivity contribution is 5.98. The summed E-state index contributed by atoms with van der Waals surface area (Å²) in [5.41, 5.74) is 2.65. The van der Waals surface area contributed by atoms with Crippen molar-refractivity contribution in [3.8, 4) is 17.2 Å². The highest BCUT2D eigenvalue weighted by atomic mass is 19.1. The van der Waals surface area contributed by atoms with E-state index in [0.717, 1.165) is 5.56 Å². The number of rotatable bonds is 6. The molecule has 6 heteroatoms. The molecule has 150 valence electrons. The lowest BCUT2D eigenvalue weighted by Crippen LogP contribution is -2.30. The SMILES string of the molecule is CN(Cc1ccc(F)cc1)C(=O)COC(=O)c1ccccc1-c1ccccc1C#N. The van der Waals surface area contributed by atoms with E-state index in [4.69, 9.17) is 4.74 Å². The molecule has 0 radical (unpaired) electrons. The summed E-state index contributed by atoms with van der Waals surface area (Å²) in [7, 11) is 1.58. The molecule has 0 spiro atoms. The molecule has 0 fully saturated rings. The minimum absolute atomic E-state index is 0.267. The van der Waals surface area contributed by atoms with E-state index in [-0.39, 0.29) is 23.8 Å². The first-order valence-corrected chi connectivity index (χ1v) is 9.23. The predicted molar refractivity (Wildman–Crippen MR) is 110 cm³/mol. The molecule has 0 saturated carbocycles. The maximum atomic E-state index is 13.0. The van der Waals surface area contributed by atoms with Gasteiger partial charge in [0.15, 0.2) is 6.61 Å². The fraction of sp³-hybridized carbons (Fsp3) is 0.125.